The minimum Gasteiger partial charge on any atom is -0.311 e. The molecule has 0 unspecified atom stereocenters. The summed E-state index contributed by atoms with van der Waals surface area (Å²) in [6.07, 6.45) is 0. The lowest BCUT2D eigenvalue weighted by Crippen LogP contribution is -2.80. The van der Waals surface area contributed by atoms with Crippen molar-refractivity contribution in [3.05, 3.63) is 243 Å². The summed E-state index contributed by atoms with van der Waals surface area (Å²) in [5.41, 5.74) is 7.23. The summed E-state index contributed by atoms with van der Waals surface area (Å²) in [6, 6.07) is 91.3. The molecule has 0 radical (unpaired) electrons. The first-order valence-electron chi connectivity index (χ1n) is 20.1. The number of fused-ring (bicyclic) bond motifs is 4. The second-order valence-corrected chi connectivity index (χ2v) is 22.7. The number of para-hydroxylation sites is 4. The summed E-state index contributed by atoms with van der Waals surface area (Å²) in [7, 11) is -6.01. The van der Waals surface area contributed by atoms with Crippen molar-refractivity contribution < 1.29 is 0 Å². The molecule has 0 fully saturated rings. The van der Waals surface area contributed by atoms with E-state index >= 15 is 0 Å². The van der Waals surface area contributed by atoms with Gasteiger partial charge in [-0.25, -0.2) is 0 Å². The second-order valence-electron chi connectivity index (χ2n) is 15.2. The molecule has 0 saturated heterocycles. The standard InChI is InChI=1S/C54H40N2Si2/c1-7-23-41(24-8-1)55-47-35-19-21-37-51(47)57(43-27-11-3-12-28-43,44-29-13-4-14-30-44)53-40-54-50(39-49(53)55)56(42-25-9-2-10-26-42)48-36-20-22-38-52(48)58(54,45-31-15-5-16-32-45)46-33-17-6-18-34-46/h1-40H. The van der Waals surface area contributed by atoms with E-state index in [-0.39, 0.29) is 0 Å². The molecule has 2 aliphatic heterocycles. The fraction of sp³-hybridized carbons (Fsp3) is 0. The fourth-order valence-corrected chi connectivity index (χ4v) is 20.5. The molecule has 2 aliphatic rings. The summed E-state index contributed by atoms with van der Waals surface area (Å²) in [4.78, 5) is 5.08. The average Bonchev–Trinajstić information content (AvgIpc) is 3.31. The van der Waals surface area contributed by atoms with Crippen LogP contribution < -0.4 is 51.3 Å². The average molecular weight is 773 g/mol. The van der Waals surface area contributed by atoms with Gasteiger partial charge in [-0.3, -0.25) is 0 Å². The highest BCUT2D eigenvalue weighted by atomic mass is 28.3. The lowest BCUT2D eigenvalue weighted by Gasteiger charge is -2.49. The molecule has 58 heavy (non-hydrogen) atoms. The van der Waals surface area contributed by atoms with Crippen LogP contribution in [0.3, 0.4) is 0 Å². The molecule has 2 heterocycles. The molecule has 0 aromatic heterocycles. The summed E-state index contributed by atoms with van der Waals surface area (Å²) in [5.74, 6) is 0. The van der Waals surface area contributed by atoms with E-state index in [2.05, 4.69) is 252 Å². The van der Waals surface area contributed by atoms with Gasteiger partial charge >= 0.3 is 0 Å². The summed E-state index contributed by atoms with van der Waals surface area (Å²) in [5, 5.41) is 11.1. The molecule has 0 aliphatic carbocycles. The van der Waals surface area contributed by atoms with Crippen LogP contribution in [-0.2, 0) is 0 Å². The van der Waals surface area contributed by atoms with Crippen molar-refractivity contribution >= 4 is 91.8 Å². The van der Waals surface area contributed by atoms with Crippen molar-refractivity contribution in [2.24, 2.45) is 0 Å². The van der Waals surface area contributed by atoms with E-state index in [1.807, 2.05) is 0 Å². The van der Waals surface area contributed by atoms with Crippen LogP contribution in [0, 0.1) is 0 Å². The Morgan fingerprint density at radius 3 is 0.828 bits per heavy atom. The van der Waals surface area contributed by atoms with E-state index in [0.717, 1.165) is 11.4 Å². The van der Waals surface area contributed by atoms with Gasteiger partial charge in [0, 0.05) is 34.1 Å². The van der Waals surface area contributed by atoms with Crippen molar-refractivity contribution in [3.63, 3.8) is 0 Å². The van der Waals surface area contributed by atoms with Gasteiger partial charge in [-0.2, -0.15) is 0 Å². The molecule has 4 heteroatoms. The van der Waals surface area contributed by atoms with Gasteiger partial charge in [-0.15, -0.1) is 0 Å². The van der Waals surface area contributed by atoms with Crippen molar-refractivity contribution in [1.82, 2.24) is 0 Å². The lowest BCUT2D eigenvalue weighted by molar-refractivity contribution is 1.26. The molecule has 0 amide bonds. The van der Waals surface area contributed by atoms with Crippen molar-refractivity contribution in [3.8, 4) is 0 Å². The molecule has 0 N–H and O–H groups in total. The number of hydrogen-bond acceptors (Lipinski definition) is 2. The Kier molecular flexibility index (Phi) is 8.21. The second kappa shape index (κ2) is 13.9. The molecule has 9 aromatic carbocycles. The molecule has 0 bridgehead atoms. The van der Waals surface area contributed by atoms with Gasteiger partial charge in [-0.1, -0.05) is 200 Å². The summed E-state index contributed by atoms with van der Waals surface area (Å²) >= 11 is 0. The van der Waals surface area contributed by atoms with Crippen LogP contribution in [0.4, 0.5) is 34.1 Å². The zero-order valence-electron chi connectivity index (χ0n) is 32.0. The maximum atomic E-state index is 2.71. The first-order chi connectivity index (χ1) is 28.8. The third kappa shape index (κ3) is 4.95. The normalized spacial score (nSPS) is 14.4. The Balaban J connectivity index is 1.38. The highest BCUT2D eigenvalue weighted by Gasteiger charge is 2.54. The molecular weight excluding hydrogens is 733 g/mol. The van der Waals surface area contributed by atoms with Crippen molar-refractivity contribution in [2.75, 3.05) is 9.80 Å². The SMILES string of the molecule is c1ccc(N2c3ccccc3[Si](c3ccccc3)(c3ccccc3)c3cc4c(cc32)N(c2ccccc2)c2ccccc2[Si]4(c2ccccc2)c2ccccc2)cc1. The molecule has 2 nitrogen and oxygen atoms in total. The minimum absolute atomic E-state index is 1.15. The van der Waals surface area contributed by atoms with Crippen LogP contribution in [0.15, 0.2) is 243 Å². The van der Waals surface area contributed by atoms with Crippen LogP contribution in [-0.4, -0.2) is 16.1 Å². The summed E-state index contributed by atoms with van der Waals surface area (Å²) in [6.45, 7) is 0. The maximum absolute atomic E-state index is 3.01. The lowest BCUT2D eigenvalue weighted by atomic mass is 10.1. The van der Waals surface area contributed by atoms with E-state index in [0.29, 0.717) is 0 Å². The van der Waals surface area contributed by atoms with Gasteiger partial charge in [0.05, 0.1) is 0 Å². The zero-order valence-corrected chi connectivity index (χ0v) is 34.0. The van der Waals surface area contributed by atoms with Crippen LogP contribution >= 0.6 is 0 Å². The molecule has 0 atom stereocenters. The predicted molar refractivity (Wildman–Crippen MR) is 250 cm³/mol. The molecular formula is C54H40N2Si2. The Morgan fingerprint density at radius 1 is 0.224 bits per heavy atom. The van der Waals surface area contributed by atoms with Gasteiger partial charge in [0.25, 0.3) is 0 Å². The van der Waals surface area contributed by atoms with E-state index in [1.54, 1.807) is 0 Å². The number of benzene rings is 9. The first kappa shape index (κ1) is 34.3. The highest BCUT2D eigenvalue weighted by molar-refractivity contribution is 7.23. The Hall–Kier alpha value is -6.99. The number of rotatable bonds is 6. The third-order valence-corrected chi connectivity index (χ3v) is 22.0. The smallest absolute Gasteiger partial charge is 0.184 e. The van der Waals surface area contributed by atoms with Crippen molar-refractivity contribution in [1.29, 1.82) is 0 Å². The van der Waals surface area contributed by atoms with Crippen LogP contribution in [0.1, 0.15) is 0 Å². The Morgan fingerprint density at radius 2 is 0.500 bits per heavy atom. The van der Waals surface area contributed by atoms with E-state index < -0.39 is 16.1 Å². The largest absolute Gasteiger partial charge is 0.311 e. The number of anilines is 6. The molecule has 9 aromatic rings. The zero-order chi connectivity index (χ0) is 38.5. The maximum Gasteiger partial charge on any atom is 0.184 e. The van der Waals surface area contributed by atoms with Crippen molar-refractivity contribution in [2.45, 2.75) is 0 Å². The number of hydrogen-bond donors (Lipinski definition) is 0. The molecule has 11 rings (SSSR count). The van der Waals surface area contributed by atoms with E-state index in [9.17, 15) is 0 Å². The fourth-order valence-electron chi connectivity index (χ4n) is 10.1. The van der Waals surface area contributed by atoms with Crippen LogP contribution in [0.5, 0.6) is 0 Å². The molecule has 274 valence electrons. The van der Waals surface area contributed by atoms with Gasteiger partial charge in [0.1, 0.15) is 0 Å². The third-order valence-electron chi connectivity index (χ3n) is 12.4. The van der Waals surface area contributed by atoms with Gasteiger partial charge in [0.2, 0.25) is 0 Å². The summed E-state index contributed by atoms with van der Waals surface area (Å²) < 4.78 is 0. The topological polar surface area (TPSA) is 6.48 Å². The van der Waals surface area contributed by atoms with Gasteiger partial charge in [-0.05, 0) is 84.0 Å². The number of nitrogens with zero attached hydrogens (tertiary/aromatic N) is 2. The molecule has 0 spiro atoms. The van der Waals surface area contributed by atoms with Crippen LogP contribution in [0.2, 0.25) is 0 Å². The Bertz CT molecular complexity index is 2610. The van der Waals surface area contributed by atoms with E-state index in [1.165, 1.54) is 64.2 Å². The Labute approximate surface area is 342 Å². The minimum atomic E-state index is -3.01. The quantitative estimate of drug-likeness (QED) is 0.158. The molecule has 0 saturated carbocycles. The van der Waals surface area contributed by atoms with Gasteiger partial charge < -0.3 is 9.80 Å². The van der Waals surface area contributed by atoms with Crippen LogP contribution in [0.25, 0.3) is 0 Å². The highest BCUT2D eigenvalue weighted by Crippen LogP contribution is 2.44. The van der Waals surface area contributed by atoms with E-state index in [4.69, 9.17) is 0 Å². The predicted octanol–water partition coefficient (Wildman–Crippen LogP) is 8.01. The monoisotopic (exact) mass is 772 g/mol. The van der Waals surface area contributed by atoms with Gasteiger partial charge in [0.15, 0.2) is 16.1 Å². The first-order valence-corrected chi connectivity index (χ1v) is 24.1.